The molecule has 1 saturated heterocycles. The molecule has 3 rings (SSSR count). The van der Waals surface area contributed by atoms with Gasteiger partial charge in [0.25, 0.3) is 0 Å². The van der Waals surface area contributed by atoms with Gasteiger partial charge in [0.2, 0.25) is 0 Å². The molecule has 2 aliphatic heterocycles. The zero-order valence-electron chi connectivity index (χ0n) is 9.48. The summed E-state index contributed by atoms with van der Waals surface area (Å²) in [5.41, 5.74) is 0. The molecule has 1 atom stereocenters. The van der Waals surface area contributed by atoms with Crippen LogP contribution in [-0.4, -0.2) is 27.1 Å². The van der Waals surface area contributed by atoms with Gasteiger partial charge in [0.15, 0.2) is 11.0 Å². The SMILES string of the molecule is C1CCC(c2nc3n(n2)CCCCS3)NC1. The van der Waals surface area contributed by atoms with Crippen molar-refractivity contribution in [3.8, 4) is 0 Å². The summed E-state index contributed by atoms with van der Waals surface area (Å²) in [7, 11) is 0. The summed E-state index contributed by atoms with van der Waals surface area (Å²) in [5.74, 6) is 2.21. The molecule has 1 fully saturated rings. The third-order valence-electron chi connectivity index (χ3n) is 3.27. The molecule has 1 N–H and O–H groups in total. The fraction of sp³-hybridized carbons (Fsp3) is 0.818. The van der Waals surface area contributed by atoms with Gasteiger partial charge in [0.05, 0.1) is 6.04 Å². The number of nitrogens with zero attached hydrogens (tertiary/aromatic N) is 3. The number of thioether (sulfide) groups is 1. The predicted octanol–water partition coefficient (Wildman–Crippen LogP) is 1.98. The molecule has 1 aromatic rings. The summed E-state index contributed by atoms with van der Waals surface area (Å²) < 4.78 is 2.10. The van der Waals surface area contributed by atoms with E-state index in [2.05, 4.69) is 20.1 Å². The number of rotatable bonds is 1. The molecule has 5 heteroatoms. The van der Waals surface area contributed by atoms with Gasteiger partial charge < -0.3 is 5.32 Å². The van der Waals surface area contributed by atoms with Crippen molar-refractivity contribution in [1.29, 1.82) is 0 Å². The molecule has 0 spiro atoms. The van der Waals surface area contributed by atoms with E-state index in [1.165, 1.54) is 37.9 Å². The van der Waals surface area contributed by atoms with Gasteiger partial charge in [-0.25, -0.2) is 9.67 Å². The van der Waals surface area contributed by atoms with Gasteiger partial charge >= 0.3 is 0 Å². The second kappa shape index (κ2) is 4.75. The minimum atomic E-state index is 0.397. The van der Waals surface area contributed by atoms with E-state index < -0.39 is 0 Å². The number of aryl methyl sites for hydroxylation is 1. The molecular formula is C11H18N4S. The van der Waals surface area contributed by atoms with Gasteiger partial charge in [-0.15, -0.1) is 0 Å². The molecule has 0 saturated carbocycles. The lowest BCUT2D eigenvalue weighted by Gasteiger charge is -2.20. The van der Waals surface area contributed by atoms with E-state index >= 15 is 0 Å². The summed E-state index contributed by atoms with van der Waals surface area (Å²) >= 11 is 1.86. The number of hydrogen-bond acceptors (Lipinski definition) is 4. The van der Waals surface area contributed by atoms with Crippen LogP contribution in [0.5, 0.6) is 0 Å². The maximum Gasteiger partial charge on any atom is 0.186 e. The Kier molecular flexibility index (Phi) is 3.15. The van der Waals surface area contributed by atoms with Crippen LogP contribution >= 0.6 is 11.8 Å². The smallest absolute Gasteiger partial charge is 0.186 e. The second-order valence-corrected chi connectivity index (χ2v) is 5.60. The highest BCUT2D eigenvalue weighted by Crippen LogP contribution is 2.26. The molecule has 0 aliphatic carbocycles. The highest BCUT2D eigenvalue weighted by molar-refractivity contribution is 7.99. The molecule has 4 nitrogen and oxygen atoms in total. The van der Waals surface area contributed by atoms with Crippen LogP contribution in [-0.2, 0) is 6.54 Å². The van der Waals surface area contributed by atoms with E-state index in [4.69, 9.17) is 0 Å². The van der Waals surface area contributed by atoms with Crippen LogP contribution in [0.4, 0.5) is 0 Å². The monoisotopic (exact) mass is 238 g/mol. The molecule has 3 heterocycles. The van der Waals surface area contributed by atoms with Crippen molar-refractivity contribution in [2.24, 2.45) is 0 Å². The number of aromatic nitrogens is 3. The molecule has 88 valence electrons. The zero-order chi connectivity index (χ0) is 10.8. The van der Waals surface area contributed by atoms with Gasteiger partial charge in [0, 0.05) is 12.3 Å². The van der Waals surface area contributed by atoms with Crippen LogP contribution in [0.2, 0.25) is 0 Å². The first-order chi connectivity index (χ1) is 7.93. The molecule has 0 aromatic carbocycles. The quantitative estimate of drug-likeness (QED) is 0.812. The first-order valence-corrected chi connectivity index (χ1v) is 7.23. The summed E-state index contributed by atoms with van der Waals surface area (Å²) in [5, 5.41) is 9.29. The van der Waals surface area contributed by atoms with E-state index in [0.29, 0.717) is 6.04 Å². The van der Waals surface area contributed by atoms with E-state index in [1.807, 2.05) is 11.8 Å². The average Bonchev–Trinajstić information content (AvgIpc) is 2.62. The van der Waals surface area contributed by atoms with Gasteiger partial charge in [0.1, 0.15) is 0 Å². The van der Waals surface area contributed by atoms with Crippen LogP contribution in [0.3, 0.4) is 0 Å². The standard InChI is InChI=1S/C11H18N4S/c1-2-6-12-9(5-1)10-13-11-15(14-10)7-3-4-8-16-11/h9,12H,1-8H2. The number of nitrogens with one attached hydrogen (secondary N) is 1. The molecular weight excluding hydrogens is 220 g/mol. The summed E-state index contributed by atoms with van der Waals surface area (Å²) in [6.45, 7) is 2.16. The van der Waals surface area contributed by atoms with Gasteiger partial charge in [-0.2, -0.15) is 5.10 Å². The van der Waals surface area contributed by atoms with Gasteiger partial charge in [-0.05, 0) is 32.2 Å². The van der Waals surface area contributed by atoms with Crippen molar-refractivity contribution < 1.29 is 0 Å². The van der Waals surface area contributed by atoms with E-state index in [-0.39, 0.29) is 0 Å². The van der Waals surface area contributed by atoms with Gasteiger partial charge in [-0.1, -0.05) is 18.2 Å². The number of fused-ring (bicyclic) bond motifs is 1. The molecule has 0 amide bonds. The van der Waals surface area contributed by atoms with E-state index in [1.54, 1.807) is 0 Å². The lowest BCUT2D eigenvalue weighted by molar-refractivity contribution is 0.394. The third kappa shape index (κ3) is 2.11. The predicted molar refractivity (Wildman–Crippen MR) is 64.6 cm³/mol. The Labute approximate surface area is 100 Å². The fourth-order valence-corrected chi connectivity index (χ4v) is 3.31. The maximum atomic E-state index is 4.69. The Balaban J connectivity index is 1.80. The second-order valence-electron chi connectivity index (χ2n) is 4.53. The Morgan fingerprint density at radius 2 is 2.25 bits per heavy atom. The molecule has 2 aliphatic rings. The first kappa shape index (κ1) is 10.6. The topological polar surface area (TPSA) is 42.7 Å². The summed E-state index contributed by atoms with van der Waals surface area (Å²) in [6, 6.07) is 0.397. The summed E-state index contributed by atoms with van der Waals surface area (Å²) in [4.78, 5) is 4.69. The van der Waals surface area contributed by atoms with Crippen molar-refractivity contribution in [2.45, 2.75) is 49.8 Å². The average molecular weight is 238 g/mol. The van der Waals surface area contributed by atoms with Crippen LogP contribution < -0.4 is 5.32 Å². The van der Waals surface area contributed by atoms with Crippen LogP contribution in [0.1, 0.15) is 44.0 Å². The molecule has 1 unspecified atom stereocenters. The van der Waals surface area contributed by atoms with Crippen molar-refractivity contribution in [1.82, 2.24) is 20.1 Å². The highest BCUT2D eigenvalue weighted by Gasteiger charge is 2.21. The van der Waals surface area contributed by atoms with Crippen LogP contribution in [0.25, 0.3) is 0 Å². The largest absolute Gasteiger partial charge is 0.307 e. The van der Waals surface area contributed by atoms with Crippen molar-refractivity contribution in [3.05, 3.63) is 5.82 Å². The molecule has 0 bridgehead atoms. The Morgan fingerprint density at radius 3 is 3.12 bits per heavy atom. The normalized spacial score (nSPS) is 26.1. The Bertz CT molecular complexity index is 333. The van der Waals surface area contributed by atoms with Crippen LogP contribution in [0.15, 0.2) is 5.16 Å². The Hall–Kier alpha value is -0.550. The third-order valence-corrected chi connectivity index (χ3v) is 4.32. The molecule has 16 heavy (non-hydrogen) atoms. The summed E-state index contributed by atoms with van der Waals surface area (Å²) in [6.07, 6.45) is 6.30. The van der Waals surface area contributed by atoms with E-state index in [9.17, 15) is 0 Å². The van der Waals surface area contributed by atoms with E-state index in [0.717, 1.165) is 24.1 Å². The Morgan fingerprint density at radius 1 is 1.25 bits per heavy atom. The van der Waals surface area contributed by atoms with Gasteiger partial charge in [-0.3, -0.25) is 0 Å². The lowest BCUT2D eigenvalue weighted by atomic mass is 10.0. The number of hydrogen-bond donors (Lipinski definition) is 1. The van der Waals surface area contributed by atoms with Crippen molar-refractivity contribution in [2.75, 3.05) is 12.3 Å². The minimum Gasteiger partial charge on any atom is -0.307 e. The lowest BCUT2D eigenvalue weighted by Crippen LogP contribution is -2.27. The number of piperidine rings is 1. The molecule has 1 aromatic heterocycles. The fourth-order valence-electron chi connectivity index (χ4n) is 2.34. The molecule has 0 radical (unpaired) electrons. The minimum absolute atomic E-state index is 0.397. The maximum absolute atomic E-state index is 4.69. The van der Waals surface area contributed by atoms with Crippen molar-refractivity contribution in [3.63, 3.8) is 0 Å². The van der Waals surface area contributed by atoms with Crippen LogP contribution in [0, 0.1) is 0 Å². The zero-order valence-corrected chi connectivity index (χ0v) is 10.3. The van der Waals surface area contributed by atoms with Crippen molar-refractivity contribution >= 4 is 11.8 Å². The highest BCUT2D eigenvalue weighted by atomic mass is 32.2. The first-order valence-electron chi connectivity index (χ1n) is 6.24.